The Labute approximate surface area is 126 Å². The summed E-state index contributed by atoms with van der Waals surface area (Å²) in [6.45, 7) is 6.57. The van der Waals surface area contributed by atoms with Crippen molar-refractivity contribution in [3.8, 4) is 0 Å². The van der Waals surface area contributed by atoms with E-state index in [-0.39, 0.29) is 17.9 Å². The van der Waals surface area contributed by atoms with E-state index in [2.05, 4.69) is 12.1 Å². The van der Waals surface area contributed by atoms with Crippen LogP contribution in [0.3, 0.4) is 0 Å². The van der Waals surface area contributed by atoms with Crippen LogP contribution in [-0.4, -0.2) is 36.0 Å². The van der Waals surface area contributed by atoms with Crippen molar-refractivity contribution in [2.24, 2.45) is 11.8 Å². The van der Waals surface area contributed by atoms with Crippen molar-refractivity contribution in [3.05, 3.63) is 35.9 Å². The number of likely N-dealkylation sites (tertiary alicyclic amines) is 1. The lowest BCUT2D eigenvalue weighted by molar-refractivity contribution is -0.111. The van der Waals surface area contributed by atoms with Crippen molar-refractivity contribution in [2.75, 3.05) is 13.1 Å². The minimum Gasteiger partial charge on any atom is -0.444 e. The molecule has 0 radical (unpaired) electrons. The first-order valence-corrected chi connectivity index (χ1v) is 7.36. The van der Waals surface area contributed by atoms with Gasteiger partial charge in [-0.2, -0.15) is 0 Å². The Bertz CT molecular complexity index is 493. The lowest BCUT2D eigenvalue weighted by atomic mass is 9.91. The molecule has 1 saturated heterocycles. The molecule has 1 aliphatic rings. The highest BCUT2D eigenvalue weighted by Gasteiger charge is 2.36. The van der Waals surface area contributed by atoms with Crippen molar-refractivity contribution in [1.82, 2.24) is 4.90 Å². The van der Waals surface area contributed by atoms with Gasteiger partial charge in [0.1, 0.15) is 11.9 Å². The van der Waals surface area contributed by atoms with Crippen LogP contribution in [0.15, 0.2) is 30.3 Å². The fourth-order valence-electron chi connectivity index (χ4n) is 2.66. The quantitative estimate of drug-likeness (QED) is 0.804. The van der Waals surface area contributed by atoms with Crippen molar-refractivity contribution in [2.45, 2.75) is 32.8 Å². The summed E-state index contributed by atoms with van der Waals surface area (Å²) in [6, 6.07) is 10.1. The molecule has 1 amide bonds. The van der Waals surface area contributed by atoms with E-state index in [9.17, 15) is 9.59 Å². The van der Waals surface area contributed by atoms with Gasteiger partial charge in [0.05, 0.1) is 0 Å². The minimum absolute atomic E-state index is 0.113. The molecule has 1 aromatic rings. The normalized spacial score (nSPS) is 22.1. The number of rotatable bonds is 3. The van der Waals surface area contributed by atoms with Crippen molar-refractivity contribution in [3.63, 3.8) is 0 Å². The Kier molecular flexibility index (Phi) is 4.66. The molecule has 4 nitrogen and oxygen atoms in total. The number of amides is 1. The highest BCUT2D eigenvalue weighted by atomic mass is 16.6. The molecule has 1 aliphatic heterocycles. The van der Waals surface area contributed by atoms with Gasteiger partial charge < -0.3 is 14.4 Å². The van der Waals surface area contributed by atoms with Crippen LogP contribution in [-0.2, 0) is 16.0 Å². The molecule has 0 spiro atoms. The van der Waals surface area contributed by atoms with E-state index in [1.807, 2.05) is 39.0 Å². The van der Waals surface area contributed by atoms with Gasteiger partial charge in [-0.1, -0.05) is 30.3 Å². The highest BCUT2D eigenvalue weighted by molar-refractivity contribution is 5.70. The molecule has 1 aromatic carbocycles. The standard InChI is InChI=1S/C17H23NO3/c1-17(2,3)21-16(20)18-10-14(15(11-18)12-19)9-13-7-5-4-6-8-13/h4-8,12,14-15H,9-11H2,1-3H3/t14-,15+/m1/s1. The lowest BCUT2D eigenvalue weighted by Gasteiger charge is -2.24. The summed E-state index contributed by atoms with van der Waals surface area (Å²) in [7, 11) is 0. The number of carbonyl (C=O) groups excluding carboxylic acids is 2. The summed E-state index contributed by atoms with van der Waals surface area (Å²) in [5.41, 5.74) is 0.686. The maximum Gasteiger partial charge on any atom is 0.410 e. The number of benzene rings is 1. The Morgan fingerprint density at radius 1 is 1.29 bits per heavy atom. The van der Waals surface area contributed by atoms with Gasteiger partial charge in [-0.05, 0) is 38.7 Å². The number of ether oxygens (including phenoxy) is 1. The molecule has 4 heteroatoms. The van der Waals surface area contributed by atoms with Crippen LogP contribution in [0.2, 0.25) is 0 Å². The van der Waals surface area contributed by atoms with E-state index < -0.39 is 5.60 Å². The third-order valence-electron chi connectivity index (χ3n) is 3.66. The first-order valence-electron chi connectivity index (χ1n) is 7.36. The Morgan fingerprint density at radius 3 is 2.52 bits per heavy atom. The highest BCUT2D eigenvalue weighted by Crippen LogP contribution is 2.27. The third-order valence-corrected chi connectivity index (χ3v) is 3.66. The van der Waals surface area contributed by atoms with E-state index in [1.165, 1.54) is 5.56 Å². The van der Waals surface area contributed by atoms with Gasteiger partial charge in [-0.3, -0.25) is 0 Å². The predicted molar refractivity (Wildman–Crippen MR) is 81.0 cm³/mol. The summed E-state index contributed by atoms with van der Waals surface area (Å²) in [6.07, 6.45) is 1.45. The van der Waals surface area contributed by atoms with Crippen LogP contribution in [0, 0.1) is 11.8 Å². The largest absolute Gasteiger partial charge is 0.444 e. The maximum atomic E-state index is 12.1. The summed E-state index contributed by atoms with van der Waals surface area (Å²) in [5, 5.41) is 0. The summed E-state index contributed by atoms with van der Waals surface area (Å²) in [4.78, 5) is 25.0. The molecule has 21 heavy (non-hydrogen) atoms. The lowest BCUT2D eigenvalue weighted by Crippen LogP contribution is -2.35. The average molecular weight is 289 g/mol. The minimum atomic E-state index is -0.509. The molecule has 1 fully saturated rings. The number of carbonyl (C=O) groups is 2. The van der Waals surface area contributed by atoms with E-state index >= 15 is 0 Å². The monoisotopic (exact) mass is 289 g/mol. The first kappa shape index (κ1) is 15.5. The maximum absolute atomic E-state index is 12.1. The van der Waals surface area contributed by atoms with Crippen LogP contribution >= 0.6 is 0 Å². The fraction of sp³-hybridized carbons (Fsp3) is 0.529. The van der Waals surface area contributed by atoms with Gasteiger partial charge in [-0.25, -0.2) is 4.79 Å². The van der Waals surface area contributed by atoms with Gasteiger partial charge in [0.15, 0.2) is 0 Å². The topological polar surface area (TPSA) is 46.6 Å². The fourth-order valence-corrected chi connectivity index (χ4v) is 2.66. The number of nitrogens with zero attached hydrogens (tertiary/aromatic N) is 1. The van der Waals surface area contributed by atoms with Gasteiger partial charge in [0.2, 0.25) is 0 Å². The smallest absolute Gasteiger partial charge is 0.410 e. The number of aldehydes is 1. The zero-order valence-electron chi connectivity index (χ0n) is 12.9. The Hall–Kier alpha value is -1.84. The zero-order valence-corrected chi connectivity index (χ0v) is 12.9. The van der Waals surface area contributed by atoms with Crippen LogP contribution in [0.1, 0.15) is 26.3 Å². The molecule has 0 aliphatic carbocycles. The third kappa shape index (κ3) is 4.31. The molecule has 0 aromatic heterocycles. The van der Waals surface area contributed by atoms with Crippen LogP contribution in [0.25, 0.3) is 0 Å². The SMILES string of the molecule is CC(C)(C)OC(=O)N1C[C@@H](Cc2ccccc2)[C@H](C=O)C1. The van der Waals surface area contributed by atoms with Crippen molar-refractivity contribution < 1.29 is 14.3 Å². The van der Waals surface area contributed by atoms with Crippen LogP contribution < -0.4 is 0 Å². The molecule has 0 unspecified atom stereocenters. The average Bonchev–Trinajstić information content (AvgIpc) is 2.81. The molecular formula is C17H23NO3. The Balaban J connectivity index is 2.00. The molecular weight excluding hydrogens is 266 g/mol. The molecule has 1 heterocycles. The van der Waals surface area contributed by atoms with Crippen LogP contribution in [0.4, 0.5) is 4.79 Å². The van der Waals surface area contributed by atoms with E-state index in [0.717, 1.165) is 12.7 Å². The number of hydrogen-bond acceptors (Lipinski definition) is 3. The second kappa shape index (κ2) is 6.29. The Morgan fingerprint density at radius 2 is 1.95 bits per heavy atom. The van der Waals surface area contributed by atoms with Crippen LogP contribution in [0.5, 0.6) is 0 Å². The van der Waals surface area contributed by atoms with E-state index in [4.69, 9.17) is 4.74 Å². The van der Waals surface area contributed by atoms with E-state index in [0.29, 0.717) is 13.1 Å². The molecule has 114 valence electrons. The second-order valence-electron chi connectivity index (χ2n) is 6.64. The summed E-state index contributed by atoms with van der Waals surface area (Å²) in [5.74, 6) is 0.0511. The second-order valence-corrected chi connectivity index (χ2v) is 6.64. The molecule has 2 rings (SSSR count). The van der Waals surface area contributed by atoms with Crippen molar-refractivity contribution >= 4 is 12.4 Å². The summed E-state index contributed by atoms with van der Waals surface area (Å²) < 4.78 is 5.38. The molecule has 0 saturated carbocycles. The zero-order chi connectivity index (χ0) is 15.5. The van der Waals surface area contributed by atoms with Gasteiger partial charge in [0, 0.05) is 19.0 Å². The van der Waals surface area contributed by atoms with E-state index in [1.54, 1.807) is 4.90 Å². The van der Waals surface area contributed by atoms with Crippen molar-refractivity contribution in [1.29, 1.82) is 0 Å². The van der Waals surface area contributed by atoms with Gasteiger partial charge >= 0.3 is 6.09 Å². The van der Waals surface area contributed by atoms with Gasteiger partial charge in [0.25, 0.3) is 0 Å². The summed E-state index contributed by atoms with van der Waals surface area (Å²) >= 11 is 0. The molecule has 0 N–H and O–H groups in total. The first-order chi connectivity index (χ1) is 9.89. The predicted octanol–water partition coefficient (Wildman–Crippen LogP) is 2.91. The molecule has 0 bridgehead atoms. The van der Waals surface area contributed by atoms with Gasteiger partial charge in [-0.15, -0.1) is 0 Å². The number of hydrogen-bond donors (Lipinski definition) is 0. The molecule has 2 atom stereocenters.